The molecule has 0 aliphatic heterocycles. The summed E-state index contributed by atoms with van der Waals surface area (Å²) < 4.78 is 0. The summed E-state index contributed by atoms with van der Waals surface area (Å²) >= 11 is 0. The van der Waals surface area contributed by atoms with E-state index in [1.165, 1.54) is 6.92 Å². The topological polar surface area (TPSA) is 40.5 Å². The Bertz CT molecular complexity index is 233. The highest BCUT2D eigenvalue weighted by Crippen LogP contribution is 2.33. The van der Waals surface area contributed by atoms with Crippen molar-refractivity contribution in [2.45, 2.75) is 58.2 Å². The molecule has 0 unspecified atom stereocenters. The third-order valence-electron chi connectivity index (χ3n) is 3.18. The molecule has 0 amide bonds. The third kappa shape index (κ3) is 4.24. The highest BCUT2D eigenvalue weighted by Gasteiger charge is 2.32. The van der Waals surface area contributed by atoms with Crippen molar-refractivity contribution in [2.24, 2.45) is 11.8 Å². The van der Waals surface area contributed by atoms with Crippen molar-refractivity contribution >= 4 is 0 Å². The first kappa shape index (κ1) is 12.5. The van der Waals surface area contributed by atoms with E-state index < -0.39 is 5.79 Å². The van der Waals surface area contributed by atoms with E-state index in [2.05, 4.69) is 18.8 Å². The minimum atomic E-state index is -1.50. The number of hydrogen-bond acceptors (Lipinski definition) is 2. The molecule has 86 valence electrons. The lowest BCUT2D eigenvalue weighted by molar-refractivity contribution is -0.192. The molecular weight excluding hydrogens is 188 g/mol. The predicted molar refractivity (Wildman–Crippen MR) is 61.0 cm³/mol. The summed E-state index contributed by atoms with van der Waals surface area (Å²) in [5.41, 5.74) is 0. The summed E-state index contributed by atoms with van der Waals surface area (Å²) in [6.45, 7) is 3.62. The van der Waals surface area contributed by atoms with E-state index in [-0.39, 0.29) is 5.92 Å². The monoisotopic (exact) mass is 210 g/mol. The van der Waals surface area contributed by atoms with E-state index in [1.807, 2.05) is 0 Å². The molecule has 2 N–H and O–H groups in total. The first-order chi connectivity index (χ1) is 7.04. The van der Waals surface area contributed by atoms with Gasteiger partial charge in [0.15, 0.2) is 5.79 Å². The minimum absolute atomic E-state index is 0.0294. The summed E-state index contributed by atoms with van der Waals surface area (Å²) in [7, 11) is 0. The van der Waals surface area contributed by atoms with E-state index in [0.717, 1.165) is 38.5 Å². The molecule has 0 aromatic rings. The van der Waals surface area contributed by atoms with Crippen molar-refractivity contribution in [1.29, 1.82) is 0 Å². The zero-order valence-electron chi connectivity index (χ0n) is 9.79. The number of rotatable bonds is 2. The number of hydrogen-bond donors (Lipinski definition) is 2. The molecule has 0 radical (unpaired) electrons. The Hall–Kier alpha value is -0.520. The van der Waals surface area contributed by atoms with Crippen molar-refractivity contribution in [3.63, 3.8) is 0 Å². The van der Waals surface area contributed by atoms with E-state index in [1.54, 1.807) is 0 Å². The molecule has 1 saturated carbocycles. The maximum Gasteiger partial charge on any atom is 0.162 e. The Balaban J connectivity index is 2.34. The van der Waals surface area contributed by atoms with Crippen LogP contribution >= 0.6 is 0 Å². The molecule has 0 aromatic carbocycles. The van der Waals surface area contributed by atoms with Gasteiger partial charge in [-0.3, -0.25) is 0 Å². The Morgan fingerprint density at radius 1 is 1.20 bits per heavy atom. The van der Waals surface area contributed by atoms with E-state index in [9.17, 15) is 10.2 Å². The van der Waals surface area contributed by atoms with Crippen LogP contribution in [0.5, 0.6) is 0 Å². The van der Waals surface area contributed by atoms with E-state index >= 15 is 0 Å². The van der Waals surface area contributed by atoms with Gasteiger partial charge < -0.3 is 10.2 Å². The fourth-order valence-corrected chi connectivity index (χ4v) is 2.13. The summed E-state index contributed by atoms with van der Waals surface area (Å²) in [6.07, 6.45) is 5.89. The largest absolute Gasteiger partial charge is 0.366 e. The second kappa shape index (κ2) is 5.53. The highest BCUT2D eigenvalue weighted by atomic mass is 16.5. The van der Waals surface area contributed by atoms with Gasteiger partial charge in [-0.15, -0.1) is 5.92 Å². The van der Waals surface area contributed by atoms with Gasteiger partial charge in [0.05, 0.1) is 0 Å². The van der Waals surface area contributed by atoms with Gasteiger partial charge in [-0.1, -0.05) is 12.8 Å². The average Bonchev–Trinajstić information content (AvgIpc) is 2.18. The first-order valence-electron chi connectivity index (χ1n) is 5.97. The first-order valence-corrected chi connectivity index (χ1v) is 5.97. The summed E-state index contributed by atoms with van der Waals surface area (Å²) in [5.74, 6) is 5.48. The second-order valence-corrected chi connectivity index (χ2v) is 4.71. The fraction of sp³-hybridized carbons (Fsp3) is 0.846. The molecule has 1 aliphatic carbocycles. The van der Waals surface area contributed by atoms with Gasteiger partial charge in [0.1, 0.15) is 0 Å². The minimum Gasteiger partial charge on any atom is -0.366 e. The van der Waals surface area contributed by atoms with E-state index in [4.69, 9.17) is 0 Å². The van der Waals surface area contributed by atoms with Gasteiger partial charge in [0, 0.05) is 18.3 Å². The molecule has 0 atom stereocenters. The maximum atomic E-state index is 9.46. The molecule has 0 saturated heterocycles. The van der Waals surface area contributed by atoms with Gasteiger partial charge in [-0.2, -0.15) is 0 Å². The van der Waals surface area contributed by atoms with Gasteiger partial charge >= 0.3 is 0 Å². The number of aliphatic hydroxyl groups is 2. The van der Waals surface area contributed by atoms with Crippen LogP contribution in [-0.4, -0.2) is 16.0 Å². The van der Waals surface area contributed by atoms with Crippen LogP contribution in [0.3, 0.4) is 0 Å². The van der Waals surface area contributed by atoms with Crippen LogP contribution in [0.4, 0.5) is 0 Å². The molecule has 0 bridgehead atoms. The molecule has 1 fully saturated rings. The van der Waals surface area contributed by atoms with Crippen LogP contribution in [-0.2, 0) is 0 Å². The van der Waals surface area contributed by atoms with Crippen LogP contribution in [0.25, 0.3) is 0 Å². The summed E-state index contributed by atoms with van der Waals surface area (Å²) in [6, 6.07) is 0. The molecule has 0 heterocycles. The molecule has 1 rings (SSSR count). The molecule has 0 aromatic heterocycles. The van der Waals surface area contributed by atoms with Crippen molar-refractivity contribution in [3.05, 3.63) is 0 Å². The standard InChI is InChI=1S/C13H22O2/c1-3-4-5-6-11-7-9-12(10-8-11)13(2,14)15/h11-12,14-15H,3-4,7-10H2,1-2H3. The van der Waals surface area contributed by atoms with Gasteiger partial charge in [-0.25, -0.2) is 0 Å². The molecule has 1 aliphatic rings. The van der Waals surface area contributed by atoms with Crippen LogP contribution in [0.15, 0.2) is 0 Å². The zero-order chi connectivity index (χ0) is 11.3. The van der Waals surface area contributed by atoms with Crippen molar-refractivity contribution < 1.29 is 10.2 Å². The molecule has 0 spiro atoms. The van der Waals surface area contributed by atoms with Gasteiger partial charge in [0.2, 0.25) is 0 Å². The van der Waals surface area contributed by atoms with E-state index in [0.29, 0.717) is 5.92 Å². The zero-order valence-corrected chi connectivity index (χ0v) is 9.79. The maximum absolute atomic E-state index is 9.46. The molecule has 2 nitrogen and oxygen atoms in total. The average molecular weight is 210 g/mol. The molecule has 15 heavy (non-hydrogen) atoms. The smallest absolute Gasteiger partial charge is 0.162 e. The Kier molecular flexibility index (Phi) is 4.63. The predicted octanol–water partition coefficient (Wildman–Crippen LogP) is 2.30. The quantitative estimate of drug-likeness (QED) is 0.542. The van der Waals surface area contributed by atoms with Crippen molar-refractivity contribution in [2.75, 3.05) is 0 Å². The number of unbranched alkanes of at least 4 members (excludes halogenated alkanes) is 1. The second-order valence-electron chi connectivity index (χ2n) is 4.71. The van der Waals surface area contributed by atoms with Crippen molar-refractivity contribution in [1.82, 2.24) is 0 Å². The van der Waals surface area contributed by atoms with Crippen molar-refractivity contribution in [3.8, 4) is 11.8 Å². The van der Waals surface area contributed by atoms with Crippen LogP contribution in [0.2, 0.25) is 0 Å². The Morgan fingerprint density at radius 2 is 1.80 bits per heavy atom. The van der Waals surface area contributed by atoms with Gasteiger partial charge in [0.25, 0.3) is 0 Å². The molecular formula is C13H22O2. The van der Waals surface area contributed by atoms with Crippen LogP contribution < -0.4 is 0 Å². The van der Waals surface area contributed by atoms with Crippen LogP contribution in [0.1, 0.15) is 52.4 Å². The third-order valence-corrected chi connectivity index (χ3v) is 3.18. The SMILES string of the molecule is CCCC#CC1CCC(C(C)(O)O)CC1. The van der Waals surface area contributed by atoms with Gasteiger partial charge in [-0.05, 0) is 39.0 Å². The Labute approximate surface area is 92.7 Å². The highest BCUT2D eigenvalue weighted by molar-refractivity contribution is 5.04. The molecule has 2 heteroatoms. The lowest BCUT2D eigenvalue weighted by atomic mass is 9.78. The fourth-order valence-electron chi connectivity index (χ4n) is 2.13. The summed E-state index contributed by atoms with van der Waals surface area (Å²) in [5, 5.41) is 18.9. The Morgan fingerprint density at radius 3 is 2.27 bits per heavy atom. The lowest BCUT2D eigenvalue weighted by Crippen LogP contribution is -2.36. The van der Waals surface area contributed by atoms with Crippen LogP contribution in [0, 0.1) is 23.7 Å². The summed E-state index contributed by atoms with van der Waals surface area (Å²) in [4.78, 5) is 0. The lowest BCUT2D eigenvalue weighted by Gasteiger charge is -2.33. The normalized spacial score (nSPS) is 26.9.